The SMILES string of the molecule is CCCCCCCCC12C=CC(CCCCCCCCOC3CCCCO3)(O1)c1ccccc12. The van der Waals surface area contributed by atoms with Crippen molar-refractivity contribution in [2.24, 2.45) is 0 Å². The molecule has 3 aliphatic heterocycles. The zero-order chi connectivity index (χ0) is 23.5. The highest BCUT2D eigenvalue weighted by molar-refractivity contribution is 5.51. The molecule has 2 bridgehead atoms. The van der Waals surface area contributed by atoms with E-state index in [9.17, 15) is 0 Å². The van der Waals surface area contributed by atoms with E-state index in [0.29, 0.717) is 0 Å². The second-order valence-electron chi connectivity index (χ2n) is 10.8. The zero-order valence-electron chi connectivity index (χ0n) is 21.7. The highest BCUT2D eigenvalue weighted by Crippen LogP contribution is 2.57. The Morgan fingerprint density at radius 3 is 1.94 bits per heavy atom. The molecule has 1 saturated heterocycles. The molecular formula is C31H48O3. The van der Waals surface area contributed by atoms with E-state index >= 15 is 0 Å². The number of hydrogen-bond donors (Lipinski definition) is 0. The van der Waals surface area contributed by atoms with Crippen LogP contribution < -0.4 is 0 Å². The molecule has 3 atom stereocenters. The van der Waals surface area contributed by atoms with E-state index in [1.807, 2.05) is 0 Å². The Labute approximate surface area is 208 Å². The third-order valence-electron chi connectivity index (χ3n) is 8.11. The third-order valence-corrected chi connectivity index (χ3v) is 8.11. The van der Waals surface area contributed by atoms with E-state index < -0.39 is 0 Å². The molecule has 0 radical (unpaired) electrons. The molecule has 1 fully saturated rings. The van der Waals surface area contributed by atoms with E-state index in [-0.39, 0.29) is 17.5 Å². The van der Waals surface area contributed by atoms with Crippen LogP contribution in [0.25, 0.3) is 0 Å². The first kappa shape index (κ1) is 25.9. The molecule has 0 spiro atoms. The summed E-state index contributed by atoms with van der Waals surface area (Å²) in [4.78, 5) is 0. The van der Waals surface area contributed by atoms with Crippen molar-refractivity contribution in [1.82, 2.24) is 0 Å². The van der Waals surface area contributed by atoms with Crippen LogP contribution in [0.4, 0.5) is 0 Å². The number of fused-ring (bicyclic) bond motifs is 5. The summed E-state index contributed by atoms with van der Waals surface area (Å²) in [5.74, 6) is 0. The van der Waals surface area contributed by atoms with Gasteiger partial charge in [-0.1, -0.05) is 89.0 Å². The maximum Gasteiger partial charge on any atom is 0.157 e. The molecule has 0 aromatic heterocycles. The largest absolute Gasteiger partial charge is 0.353 e. The standard InChI is InChI=1S/C31H48O3/c1-2-3-4-5-8-14-21-30-23-24-31(34-30,28-19-12-11-18-27(28)30)22-15-9-6-7-10-16-25-32-29-20-13-17-26-33-29/h11-12,18-19,23-24,29H,2-10,13-17,20-22,25-26H2,1H3. The van der Waals surface area contributed by atoms with Gasteiger partial charge in [-0.15, -0.1) is 0 Å². The van der Waals surface area contributed by atoms with Gasteiger partial charge >= 0.3 is 0 Å². The third kappa shape index (κ3) is 6.53. The predicted octanol–water partition coefficient (Wildman–Crippen LogP) is 8.70. The van der Waals surface area contributed by atoms with Gasteiger partial charge in [0.15, 0.2) is 6.29 Å². The number of benzene rings is 1. The van der Waals surface area contributed by atoms with Gasteiger partial charge in [0, 0.05) is 13.2 Å². The topological polar surface area (TPSA) is 27.7 Å². The molecule has 3 heterocycles. The number of ether oxygens (including phenoxy) is 3. The summed E-state index contributed by atoms with van der Waals surface area (Å²) in [7, 11) is 0. The van der Waals surface area contributed by atoms with Gasteiger partial charge in [0.1, 0.15) is 11.2 Å². The molecule has 3 aliphatic rings. The average molecular weight is 469 g/mol. The fourth-order valence-electron chi connectivity index (χ4n) is 6.13. The fraction of sp³-hybridized carbons (Fsp3) is 0.742. The van der Waals surface area contributed by atoms with Crippen LogP contribution in [-0.2, 0) is 25.4 Å². The van der Waals surface area contributed by atoms with Crippen LogP contribution in [0, 0.1) is 0 Å². The van der Waals surface area contributed by atoms with Gasteiger partial charge in [0.05, 0.1) is 0 Å². The van der Waals surface area contributed by atoms with Crippen molar-refractivity contribution in [2.45, 2.75) is 134 Å². The smallest absolute Gasteiger partial charge is 0.157 e. The Hall–Kier alpha value is -1.16. The van der Waals surface area contributed by atoms with Crippen LogP contribution in [-0.4, -0.2) is 19.5 Å². The van der Waals surface area contributed by atoms with Crippen molar-refractivity contribution >= 4 is 0 Å². The van der Waals surface area contributed by atoms with E-state index in [0.717, 1.165) is 38.9 Å². The lowest BCUT2D eigenvalue weighted by atomic mass is 9.78. The van der Waals surface area contributed by atoms with E-state index in [1.165, 1.54) is 94.6 Å². The number of hydrogen-bond acceptors (Lipinski definition) is 3. The summed E-state index contributed by atoms with van der Waals surface area (Å²) in [6, 6.07) is 9.02. The fourth-order valence-corrected chi connectivity index (χ4v) is 6.13. The second kappa shape index (κ2) is 13.2. The summed E-state index contributed by atoms with van der Waals surface area (Å²) >= 11 is 0. The Kier molecular flexibility index (Phi) is 10.1. The van der Waals surface area contributed by atoms with Crippen LogP contribution in [0.15, 0.2) is 36.4 Å². The molecule has 3 nitrogen and oxygen atoms in total. The Morgan fingerprint density at radius 1 is 0.765 bits per heavy atom. The first-order valence-electron chi connectivity index (χ1n) is 14.5. The predicted molar refractivity (Wildman–Crippen MR) is 140 cm³/mol. The normalized spacial score (nSPS) is 27.4. The van der Waals surface area contributed by atoms with Crippen molar-refractivity contribution < 1.29 is 14.2 Å². The van der Waals surface area contributed by atoms with Crippen LogP contribution in [0.5, 0.6) is 0 Å². The van der Waals surface area contributed by atoms with Crippen LogP contribution in [0.1, 0.15) is 127 Å². The van der Waals surface area contributed by atoms with E-state index in [1.54, 1.807) is 0 Å². The average Bonchev–Trinajstić information content (AvgIpc) is 3.39. The molecule has 1 aromatic carbocycles. The summed E-state index contributed by atoms with van der Waals surface area (Å²) in [6.45, 7) is 4.01. The van der Waals surface area contributed by atoms with Crippen LogP contribution >= 0.6 is 0 Å². The van der Waals surface area contributed by atoms with Gasteiger partial charge in [-0.25, -0.2) is 0 Å². The van der Waals surface area contributed by atoms with Gasteiger partial charge in [-0.05, 0) is 74.6 Å². The highest BCUT2D eigenvalue weighted by atomic mass is 16.7. The van der Waals surface area contributed by atoms with Gasteiger partial charge < -0.3 is 14.2 Å². The lowest BCUT2D eigenvalue weighted by Gasteiger charge is -2.26. The van der Waals surface area contributed by atoms with E-state index in [2.05, 4.69) is 43.3 Å². The Balaban J connectivity index is 1.14. The first-order valence-corrected chi connectivity index (χ1v) is 14.5. The molecule has 4 rings (SSSR count). The quantitative estimate of drug-likeness (QED) is 0.169. The number of rotatable bonds is 17. The minimum absolute atomic E-state index is 0.0648. The molecule has 3 unspecified atom stereocenters. The maximum absolute atomic E-state index is 6.92. The molecular weight excluding hydrogens is 420 g/mol. The minimum Gasteiger partial charge on any atom is -0.353 e. The van der Waals surface area contributed by atoms with Gasteiger partial charge in [-0.2, -0.15) is 0 Å². The van der Waals surface area contributed by atoms with Crippen LogP contribution in [0.2, 0.25) is 0 Å². The summed E-state index contributed by atoms with van der Waals surface area (Å²) in [5, 5.41) is 0. The molecule has 190 valence electrons. The van der Waals surface area contributed by atoms with Crippen molar-refractivity contribution in [3.63, 3.8) is 0 Å². The molecule has 0 saturated carbocycles. The van der Waals surface area contributed by atoms with Crippen molar-refractivity contribution in [2.75, 3.05) is 13.2 Å². The van der Waals surface area contributed by atoms with Gasteiger partial charge in [0.2, 0.25) is 0 Å². The molecule has 1 aromatic rings. The maximum atomic E-state index is 6.92. The lowest BCUT2D eigenvalue weighted by Crippen LogP contribution is -2.23. The monoisotopic (exact) mass is 468 g/mol. The highest BCUT2D eigenvalue weighted by Gasteiger charge is 2.54. The van der Waals surface area contributed by atoms with Gasteiger partial charge in [0.25, 0.3) is 0 Å². The molecule has 0 aliphatic carbocycles. The molecule has 34 heavy (non-hydrogen) atoms. The minimum atomic E-state index is -0.174. The Bertz CT molecular complexity index is 753. The molecule has 3 heteroatoms. The molecule has 0 N–H and O–H groups in total. The summed E-state index contributed by atoms with van der Waals surface area (Å²) in [5.41, 5.74) is 2.54. The number of unbranched alkanes of at least 4 members (excludes halogenated alkanes) is 10. The summed E-state index contributed by atoms with van der Waals surface area (Å²) < 4.78 is 18.4. The molecule has 0 amide bonds. The van der Waals surface area contributed by atoms with E-state index in [4.69, 9.17) is 14.2 Å². The van der Waals surface area contributed by atoms with Crippen molar-refractivity contribution in [3.05, 3.63) is 47.5 Å². The van der Waals surface area contributed by atoms with Crippen LogP contribution in [0.3, 0.4) is 0 Å². The zero-order valence-corrected chi connectivity index (χ0v) is 21.7. The summed E-state index contributed by atoms with van der Waals surface area (Å²) in [6.07, 6.45) is 26.2. The van der Waals surface area contributed by atoms with Crippen molar-refractivity contribution in [1.29, 1.82) is 0 Å². The Morgan fingerprint density at radius 2 is 1.35 bits per heavy atom. The first-order chi connectivity index (χ1) is 16.8. The lowest BCUT2D eigenvalue weighted by molar-refractivity contribution is -0.162. The van der Waals surface area contributed by atoms with Gasteiger partial charge in [-0.3, -0.25) is 0 Å². The van der Waals surface area contributed by atoms with Crippen molar-refractivity contribution in [3.8, 4) is 0 Å². The second-order valence-corrected chi connectivity index (χ2v) is 10.8.